The first kappa shape index (κ1) is 9.49. The lowest BCUT2D eigenvalue weighted by atomic mass is 10.1. The molecular formula is C8H5ClN2O2. The van der Waals surface area contributed by atoms with Crippen LogP contribution in [0.25, 0.3) is 0 Å². The Morgan fingerprint density at radius 3 is 2.77 bits per heavy atom. The molecule has 5 heteroatoms. The topological polar surface area (TPSA) is 66.9 Å². The van der Waals surface area contributed by atoms with Gasteiger partial charge < -0.3 is 0 Å². The maximum absolute atomic E-state index is 10.3. The fraction of sp³-hybridized carbons (Fsp3) is 0.125. The molecule has 0 unspecified atom stereocenters. The fourth-order valence-corrected chi connectivity index (χ4v) is 1.17. The molecule has 0 bridgehead atoms. The summed E-state index contributed by atoms with van der Waals surface area (Å²) in [7, 11) is 0. The molecule has 0 aliphatic carbocycles. The first-order valence-electron chi connectivity index (χ1n) is 3.45. The quantitative estimate of drug-likeness (QED) is 0.539. The van der Waals surface area contributed by atoms with E-state index in [4.69, 9.17) is 16.9 Å². The number of hydrogen-bond donors (Lipinski definition) is 0. The number of hydrogen-bond acceptors (Lipinski definition) is 3. The summed E-state index contributed by atoms with van der Waals surface area (Å²) in [4.78, 5) is 9.79. The summed E-state index contributed by atoms with van der Waals surface area (Å²) >= 11 is 5.61. The van der Waals surface area contributed by atoms with Gasteiger partial charge in [0, 0.05) is 6.07 Å². The van der Waals surface area contributed by atoms with Gasteiger partial charge in [-0.1, -0.05) is 17.7 Å². The van der Waals surface area contributed by atoms with Crippen molar-refractivity contribution in [3.8, 4) is 6.07 Å². The second-order valence-electron chi connectivity index (χ2n) is 2.38. The van der Waals surface area contributed by atoms with Gasteiger partial charge in [-0.15, -0.1) is 0 Å². The van der Waals surface area contributed by atoms with Crippen molar-refractivity contribution < 1.29 is 4.92 Å². The predicted molar refractivity (Wildman–Crippen MR) is 47.4 cm³/mol. The van der Waals surface area contributed by atoms with Gasteiger partial charge in [0.05, 0.1) is 17.4 Å². The minimum atomic E-state index is -0.557. The third-order valence-corrected chi connectivity index (χ3v) is 1.79. The van der Waals surface area contributed by atoms with E-state index in [2.05, 4.69) is 0 Å². The molecule has 4 nitrogen and oxygen atoms in total. The molecule has 0 spiro atoms. The molecular weight excluding hydrogens is 192 g/mol. The minimum Gasteiger partial charge on any atom is -0.258 e. The Balaban J connectivity index is 3.07. The number of nitriles is 1. The van der Waals surface area contributed by atoms with Crippen LogP contribution in [-0.2, 0) is 6.42 Å². The Bertz CT molecular complexity index is 384. The molecule has 0 saturated heterocycles. The zero-order valence-electron chi connectivity index (χ0n) is 6.53. The highest BCUT2D eigenvalue weighted by molar-refractivity contribution is 6.32. The van der Waals surface area contributed by atoms with Gasteiger partial charge in [0.25, 0.3) is 5.69 Å². The molecule has 0 aromatic heterocycles. The van der Waals surface area contributed by atoms with E-state index in [1.165, 1.54) is 18.2 Å². The molecule has 0 saturated carbocycles. The van der Waals surface area contributed by atoms with Gasteiger partial charge in [0.2, 0.25) is 0 Å². The summed E-state index contributed by atoms with van der Waals surface area (Å²) in [5.41, 5.74) is 0.543. The molecule has 0 aliphatic rings. The van der Waals surface area contributed by atoms with Crippen molar-refractivity contribution in [2.75, 3.05) is 0 Å². The van der Waals surface area contributed by atoms with Crippen LogP contribution in [0, 0.1) is 21.4 Å². The molecule has 1 aromatic rings. The molecule has 66 valence electrons. The largest absolute Gasteiger partial charge is 0.287 e. The van der Waals surface area contributed by atoms with Crippen molar-refractivity contribution in [3.63, 3.8) is 0 Å². The Labute approximate surface area is 79.5 Å². The Morgan fingerprint density at radius 1 is 1.62 bits per heavy atom. The lowest BCUT2D eigenvalue weighted by Crippen LogP contribution is -1.90. The first-order valence-corrected chi connectivity index (χ1v) is 3.82. The maximum Gasteiger partial charge on any atom is 0.287 e. The summed E-state index contributed by atoms with van der Waals surface area (Å²) in [6, 6.07) is 6.19. The first-order chi connectivity index (χ1) is 6.15. The molecule has 1 aromatic carbocycles. The zero-order chi connectivity index (χ0) is 9.84. The van der Waals surface area contributed by atoms with Crippen molar-refractivity contribution in [2.45, 2.75) is 6.42 Å². The molecule has 0 heterocycles. The second-order valence-corrected chi connectivity index (χ2v) is 2.78. The van der Waals surface area contributed by atoms with Crippen LogP contribution in [0.3, 0.4) is 0 Å². The number of benzene rings is 1. The lowest BCUT2D eigenvalue weighted by Gasteiger charge is -1.96. The van der Waals surface area contributed by atoms with Crippen LogP contribution in [0.4, 0.5) is 5.69 Å². The predicted octanol–water partition coefficient (Wildman–Crippen LogP) is 2.31. The monoisotopic (exact) mass is 196 g/mol. The van der Waals surface area contributed by atoms with Crippen LogP contribution in [0.15, 0.2) is 18.2 Å². The van der Waals surface area contributed by atoms with Crippen LogP contribution in [0.5, 0.6) is 0 Å². The number of halogens is 1. The molecule has 0 radical (unpaired) electrons. The van der Waals surface area contributed by atoms with Crippen molar-refractivity contribution in [2.24, 2.45) is 0 Å². The van der Waals surface area contributed by atoms with E-state index in [1.54, 1.807) is 0 Å². The highest BCUT2D eigenvalue weighted by Crippen LogP contribution is 2.24. The van der Waals surface area contributed by atoms with Gasteiger partial charge in [0.15, 0.2) is 0 Å². The number of rotatable bonds is 2. The second kappa shape index (κ2) is 3.87. The molecule has 0 atom stereocenters. The van der Waals surface area contributed by atoms with E-state index < -0.39 is 4.92 Å². The summed E-state index contributed by atoms with van der Waals surface area (Å²) in [5, 5.41) is 18.8. The Hall–Kier alpha value is -1.60. The summed E-state index contributed by atoms with van der Waals surface area (Å²) in [5.74, 6) is 0. The summed E-state index contributed by atoms with van der Waals surface area (Å²) < 4.78 is 0. The molecule has 0 aliphatic heterocycles. The maximum atomic E-state index is 10.3. The van der Waals surface area contributed by atoms with Gasteiger partial charge in [0.1, 0.15) is 5.02 Å². The summed E-state index contributed by atoms with van der Waals surface area (Å²) in [6.07, 6.45) is 0.206. The number of nitro benzene ring substituents is 1. The molecule has 0 amide bonds. The molecule has 13 heavy (non-hydrogen) atoms. The smallest absolute Gasteiger partial charge is 0.258 e. The SMILES string of the molecule is N#CCc1ccc([N+](=O)[O-])c(Cl)c1. The molecule has 1 rings (SSSR count). The van der Waals surface area contributed by atoms with E-state index in [0.29, 0.717) is 5.56 Å². The van der Waals surface area contributed by atoms with Crippen molar-refractivity contribution in [1.82, 2.24) is 0 Å². The van der Waals surface area contributed by atoms with E-state index in [1.807, 2.05) is 6.07 Å². The third kappa shape index (κ3) is 2.17. The lowest BCUT2D eigenvalue weighted by molar-refractivity contribution is -0.384. The van der Waals surface area contributed by atoms with Gasteiger partial charge in [-0.25, -0.2) is 0 Å². The van der Waals surface area contributed by atoms with Gasteiger partial charge in [-0.3, -0.25) is 10.1 Å². The Morgan fingerprint density at radius 2 is 2.31 bits per heavy atom. The average molecular weight is 197 g/mol. The van der Waals surface area contributed by atoms with Crippen molar-refractivity contribution in [3.05, 3.63) is 38.9 Å². The number of nitro groups is 1. The normalized spacial score (nSPS) is 9.23. The van der Waals surface area contributed by atoms with Gasteiger partial charge >= 0.3 is 0 Å². The van der Waals surface area contributed by atoms with Crippen LogP contribution in [0.1, 0.15) is 5.56 Å². The van der Waals surface area contributed by atoms with Gasteiger partial charge in [-0.05, 0) is 11.6 Å². The standard InChI is InChI=1S/C8H5ClN2O2/c9-7-5-6(3-4-10)1-2-8(7)11(12)13/h1-2,5H,3H2. The third-order valence-electron chi connectivity index (χ3n) is 1.49. The Kier molecular flexibility index (Phi) is 2.83. The van der Waals surface area contributed by atoms with Crippen molar-refractivity contribution in [1.29, 1.82) is 5.26 Å². The van der Waals surface area contributed by atoms with Gasteiger partial charge in [-0.2, -0.15) is 5.26 Å². The fourth-order valence-electron chi connectivity index (χ4n) is 0.900. The highest BCUT2D eigenvalue weighted by atomic mass is 35.5. The van der Waals surface area contributed by atoms with E-state index in [-0.39, 0.29) is 17.1 Å². The summed E-state index contributed by atoms with van der Waals surface area (Å²) in [6.45, 7) is 0. The zero-order valence-corrected chi connectivity index (χ0v) is 7.28. The van der Waals surface area contributed by atoms with Crippen LogP contribution >= 0.6 is 11.6 Å². The molecule has 0 N–H and O–H groups in total. The average Bonchev–Trinajstić information content (AvgIpc) is 2.04. The van der Waals surface area contributed by atoms with Crippen LogP contribution < -0.4 is 0 Å². The highest BCUT2D eigenvalue weighted by Gasteiger charge is 2.11. The number of nitrogens with zero attached hydrogens (tertiary/aromatic N) is 2. The van der Waals surface area contributed by atoms with Crippen molar-refractivity contribution >= 4 is 17.3 Å². The van der Waals surface area contributed by atoms with E-state index >= 15 is 0 Å². The van der Waals surface area contributed by atoms with Crippen LogP contribution in [0.2, 0.25) is 5.02 Å². The van der Waals surface area contributed by atoms with Crippen LogP contribution in [-0.4, -0.2) is 4.92 Å². The van der Waals surface area contributed by atoms with E-state index in [9.17, 15) is 10.1 Å². The minimum absolute atomic E-state index is 0.0674. The van der Waals surface area contributed by atoms with E-state index in [0.717, 1.165) is 0 Å². The molecule has 0 fully saturated rings.